The topological polar surface area (TPSA) is 184 Å². The van der Waals surface area contributed by atoms with Crippen LogP contribution in [0.15, 0.2) is 71.5 Å². The molecule has 15 nitrogen and oxygen atoms in total. The molecule has 0 spiro atoms. The van der Waals surface area contributed by atoms with Gasteiger partial charge >= 0.3 is 5.69 Å². The lowest BCUT2D eigenvalue weighted by atomic mass is 9.93. The van der Waals surface area contributed by atoms with Gasteiger partial charge in [0.25, 0.3) is 5.91 Å². The highest BCUT2D eigenvalue weighted by atomic mass is 32.1. The average Bonchev–Trinajstić information content (AvgIpc) is 3.72. The highest BCUT2D eigenvalue weighted by molar-refractivity contribution is 7.21. The Bertz CT molecular complexity index is 2750. The summed E-state index contributed by atoms with van der Waals surface area (Å²) in [6.45, 7) is 3.67. The fraction of sp³-hybridized carbons (Fsp3) is 0.391. The van der Waals surface area contributed by atoms with Crippen molar-refractivity contribution in [3.8, 4) is 17.0 Å². The van der Waals surface area contributed by atoms with Gasteiger partial charge in [0.15, 0.2) is 0 Å². The van der Waals surface area contributed by atoms with Gasteiger partial charge in [-0.25, -0.2) is 9.78 Å². The van der Waals surface area contributed by atoms with Gasteiger partial charge in [0.2, 0.25) is 17.7 Å². The second-order valence-corrected chi connectivity index (χ2v) is 17.4. The zero-order chi connectivity index (χ0) is 42.9. The molecule has 322 valence electrons. The Kier molecular flexibility index (Phi) is 11.8. The van der Waals surface area contributed by atoms with E-state index in [1.807, 2.05) is 67.6 Å². The lowest BCUT2D eigenvalue weighted by Gasteiger charge is -2.29. The van der Waals surface area contributed by atoms with Gasteiger partial charge in [-0.05, 0) is 112 Å². The molecule has 62 heavy (non-hydrogen) atoms. The maximum absolute atomic E-state index is 13.0. The summed E-state index contributed by atoms with van der Waals surface area (Å²) in [6, 6.07) is 21.3. The molecule has 5 heterocycles. The summed E-state index contributed by atoms with van der Waals surface area (Å²) in [5, 5.41) is 14.0. The van der Waals surface area contributed by atoms with E-state index in [1.54, 1.807) is 7.05 Å². The molecule has 0 bridgehead atoms. The highest BCUT2D eigenvalue weighted by Crippen LogP contribution is 2.41. The Labute approximate surface area is 361 Å². The highest BCUT2D eigenvalue weighted by Gasteiger charge is 2.31. The predicted molar refractivity (Wildman–Crippen MR) is 237 cm³/mol. The van der Waals surface area contributed by atoms with Gasteiger partial charge in [0, 0.05) is 53.1 Å². The number of hydrogen-bond acceptors (Lipinski definition) is 11. The summed E-state index contributed by atoms with van der Waals surface area (Å²) in [5.41, 5.74) is 5.63. The second kappa shape index (κ2) is 17.7. The lowest BCUT2D eigenvalue weighted by molar-refractivity contribution is -0.135. The molecule has 3 aromatic heterocycles. The number of aromatic nitrogens is 3. The molecule has 2 atom stereocenters. The molecular weight excluding hydrogens is 811 g/mol. The Morgan fingerprint density at radius 1 is 0.903 bits per heavy atom. The maximum Gasteiger partial charge on any atom is 0.329 e. The van der Waals surface area contributed by atoms with Gasteiger partial charge in [-0.15, -0.1) is 11.3 Å². The zero-order valence-electron chi connectivity index (χ0n) is 34.7. The number of carbonyl (C=O) groups is 4. The molecule has 6 aromatic rings. The molecular formula is C46H49N7O8S. The van der Waals surface area contributed by atoms with Crippen LogP contribution in [0.2, 0.25) is 0 Å². The fourth-order valence-corrected chi connectivity index (χ4v) is 9.84. The average molecular weight is 860 g/mol. The van der Waals surface area contributed by atoms with Crippen molar-refractivity contribution < 1.29 is 33.4 Å². The van der Waals surface area contributed by atoms with Gasteiger partial charge < -0.3 is 30.2 Å². The van der Waals surface area contributed by atoms with Crippen LogP contribution in [0.5, 0.6) is 5.75 Å². The fourth-order valence-electron chi connectivity index (χ4n) is 8.75. The minimum atomic E-state index is -0.721. The van der Waals surface area contributed by atoms with E-state index in [0.717, 1.165) is 74.9 Å². The quantitative estimate of drug-likeness (QED) is 0.0870. The Morgan fingerprint density at radius 2 is 1.71 bits per heavy atom. The Hall–Kier alpha value is -6.10. The Morgan fingerprint density at radius 3 is 2.52 bits per heavy atom. The normalized spacial score (nSPS) is 20.4. The summed E-state index contributed by atoms with van der Waals surface area (Å²) in [4.78, 5) is 68.2. The number of benzene rings is 3. The minimum Gasteiger partial charge on any atom is -0.490 e. The minimum absolute atomic E-state index is 0.0391. The smallest absolute Gasteiger partial charge is 0.329 e. The van der Waals surface area contributed by atoms with Crippen LogP contribution in [0.4, 0.5) is 5.69 Å². The molecule has 1 unspecified atom stereocenters. The van der Waals surface area contributed by atoms with E-state index in [0.29, 0.717) is 42.1 Å². The summed E-state index contributed by atoms with van der Waals surface area (Å²) < 4.78 is 21.7. The first kappa shape index (κ1) is 41.3. The Balaban J connectivity index is 0.682. The third-order valence-electron chi connectivity index (χ3n) is 12.0. The molecule has 0 radical (unpaired) electrons. The SMILES string of the molecule is C[C@@H]1CNc2c(sc3ccc4nc(-c5ccc(OC6CCC(NC(=O)COCCOCCc7ccc8c(c7)n(C)c(=O)n8C7CCC(=O)NC7=O)CC6)cc5)ccc4c23)C(=O)N1. The van der Waals surface area contributed by atoms with E-state index in [-0.39, 0.29) is 67.7 Å². The number of anilines is 1. The number of piperidine rings is 1. The number of nitrogens with zero attached hydrogens (tertiary/aromatic N) is 3. The number of nitrogens with one attached hydrogen (secondary N) is 4. The standard InChI is InChI=1S/C46H49N7O8S/c1-26-24-47-42-41-32-12-13-33(50-34(32)14-17-38(41)62-43(42)45(57)48-26)28-4-8-30(9-5-28)61-31-10-6-29(7-11-31)49-40(55)25-60-22-21-59-20-19-27-3-15-35-37(23-27)52(2)46(58)53(35)36-16-18-39(54)51-44(36)56/h3-5,8-9,12-15,17,23,26,29,31,36,47H,6-7,10-11,16,18-22,24-25H2,1-2H3,(H,48,57)(H,49,55)(H,51,54,56)/t26-,29?,31?,36?/m1/s1. The molecule has 4 N–H and O–H groups in total. The lowest BCUT2D eigenvalue weighted by Crippen LogP contribution is -2.44. The molecule has 4 amide bonds. The van der Waals surface area contributed by atoms with Crippen molar-refractivity contribution in [3.05, 3.63) is 87.7 Å². The van der Waals surface area contributed by atoms with Crippen molar-refractivity contribution in [2.45, 2.75) is 76.1 Å². The summed E-state index contributed by atoms with van der Waals surface area (Å²) in [7, 11) is 1.67. The van der Waals surface area contributed by atoms with Crippen LogP contribution < -0.4 is 31.7 Å². The third kappa shape index (κ3) is 8.54. The second-order valence-electron chi connectivity index (χ2n) is 16.4. The molecule has 1 saturated heterocycles. The molecule has 3 aliphatic rings. The van der Waals surface area contributed by atoms with Gasteiger partial charge in [-0.2, -0.15) is 0 Å². The van der Waals surface area contributed by atoms with Crippen molar-refractivity contribution in [1.29, 1.82) is 0 Å². The van der Waals surface area contributed by atoms with E-state index in [1.165, 1.54) is 20.5 Å². The summed E-state index contributed by atoms with van der Waals surface area (Å²) in [6.07, 6.45) is 4.46. The number of fused-ring (bicyclic) bond motifs is 6. The first-order valence-electron chi connectivity index (χ1n) is 21.3. The first-order chi connectivity index (χ1) is 30.1. The van der Waals surface area contributed by atoms with Gasteiger partial charge in [0.1, 0.15) is 23.3 Å². The van der Waals surface area contributed by atoms with Crippen LogP contribution >= 0.6 is 11.3 Å². The van der Waals surface area contributed by atoms with E-state index in [2.05, 4.69) is 27.3 Å². The number of thiophene rings is 1. The number of pyridine rings is 1. The van der Waals surface area contributed by atoms with Crippen molar-refractivity contribution in [3.63, 3.8) is 0 Å². The third-order valence-corrected chi connectivity index (χ3v) is 13.2. The number of hydrogen-bond donors (Lipinski definition) is 4. The molecule has 16 heteroatoms. The summed E-state index contributed by atoms with van der Waals surface area (Å²) in [5.74, 6) is -0.172. The van der Waals surface area contributed by atoms with Crippen LogP contribution in [-0.2, 0) is 37.3 Å². The predicted octanol–water partition coefficient (Wildman–Crippen LogP) is 5.37. The largest absolute Gasteiger partial charge is 0.490 e. The van der Waals surface area contributed by atoms with Crippen LogP contribution in [-0.4, -0.2) is 88.9 Å². The summed E-state index contributed by atoms with van der Waals surface area (Å²) >= 11 is 1.50. The first-order valence-corrected chi connectivity index (χ1v) is 22.1. The monoisotopic (exact) mass is 859 g/mol. The van der Waals surface area contributed by atoms with E-state index < -0.39 is 11.9 Å². The molecule has 2 fully saturated rings. The van der Waals surface area contributed by atoms with Crippen molar-refractivity contribution >= 4 is 72.7 Å². The van der Waals surface area contributed by atoms with Gasteiger partial charge in [-0.1, -0.05) is 6.07 Å². The van der Waals surface area contributed by atoms with E-state index >= 15 is 0 Å². The van der Waals surface area contributed by atoms with Crippen LogP contribution in [0.3, 0.4) is 0 Å². The number of ether oxygens (including phenoxy) is 3. The van der Waals surface area contributed by atoms with Gasteiger partial charge in [-0.3, -0.25) is 33.6 Å². The van der Waals surface area contributed by atoms with Crippen molar-refractivity contribution in [2.75, 3.05) is 38.3 Å². The van der Waals surface area contributed by atoms with Crippen molar-refractivity contribution in [2.24, 2.45) is 7.05 Å². The number of aryl methyl sites for hydroxylation is 1. The van der Waals surface area contributed by atoms with E-state index in [4.69, 9.17) is 19.2 Å². The van der Waals surface area contributed by atoms with E-state index in [9.17, 15) is 24.0 Å². The molecule has 1 aliphatic carbocycles. The number of imidazole rings is 1. The molecule has 1 saturated carbocycles. The molecule has 2 aliphatic heterocycles. The zero-order valence-corrected chi connectivity index (χ0v) is 35.5. The molecule has 9 rings (SSSR count). The number of imide groups is 1. The molecule has 3 aromatic carbocycles. The number of rotatable bonds is 13. The van der Waals surface area contributed by atoms with Gasteiger partial charge in [0.05, 0.1) is 53.9 Å². The number of carbonyl (C=O) groups excluding carboxylic acids is 4. The van der Waals surface area contributed by atoms with Crippen LogP contribution in [0.1, 0.15) is 66.7 Å². The van der Waals surface area contributed by atoms with Crippen LogP contribution in [0.25, 0.3) is 43.3 Å². The van der Waals surface area contributed by atoms with Crippen LogP contribution in [0, 0.1) is 0 Å². The number of amides is 4. The van der Waals surface area contributed by atoms with Crippen molar-refractivity contribution in [1.82, 2.24) is 30.1 Å². The maximum atomic E-state index is 13.0.